The molecule has 0 saturated heterocycles. The zero-order valence-electron chi connectivity index (χ0n) is 21.4. The second kappa shape index (κ2) is 23.9. The Morgan fingerprint density at radius 1 is 0.760 bits per heavy atom. The van der Waals surface area contributed by atoms with Gasteiger partial charge in [0.15, 0.2) is 0 Å². The molecule has 0 heterocycles. The fourth-order valence-corrected chi connectivity index (χ4v) is 1.58. The van der Waals surface area contributed by atoms with Crippen LogP contribution in [-0.4, -0.2) is 39.1 Å². The van der Waals surface area contributed by atoms with E-state index in [0.29, 0.717) is 10.8 Å². The van der Waals surface area contributed by atoms with Gasteiger partial charge in [0.05, 0.1) is 0 Å². The molecule has 0 radical (unpaired) electrons. The Kier molecular flexibility index (Phi) is 34.4. The van der Waals surface area contributed by atoms with Crippen LogP contribution in [0.15, 0.2) is 0 Å². The van der Waals surface area contributed by atoms with E-state index in [1.807, 2.05) is 41.8 Å². The molecule has 0 aliphatic carbocycles. The lowest BCUT2D eigenvalue weighted by Gasteiger charge is -2.30. The van der Waals surface area contributed by atoms with Crippen LogP contribution >= 0.6 is 0 Å². The van der Waals surface area contributed by atoms with Crippen LogP contribution in [0.5, 0.6) is 0 Å². The minimum absolute atomic E-state index is 0.462. The van der Waals surface area contributed by atoms with Crippen LogP contribution in [0.4, 0.5) is 0 Å². The molecule has 1 atom stereocenters. The maximum atomic E-state index is 2.75. The van der Waals surface area contributed by atoms with Crippen LogP contribution in [0, 0.1) is 10.8 Å². The first-order valence-corrected chi connectivity index (χ1v) is 10.6. The molecule has 160 valence electrons. The van der Waals surface area contributed by atoms with Gasteiger partial charge in [0.1, 0.15) is 0 Å². The molecule has 0 spiro atoms. The second-order valence-corrected chi connectivity index (χ2v) is 8.59. The molecule has 0 aromatic carbocycles. The zero-order valence-corrected chi connectivity index (χ0v) is 21.4. The van der Waals surface area contributed by atoms with E-state index in [1.165, 1.54) is 25.7 Å². The summed E-state index contributed by atoms with van der Waals surface area (Å²) >= 11 is 0. The number of hydrogen-bond donors (Lipinski definition) is 1. The van der Waals surface area contributed by atoms with Gasteiger partial charge in [-0.1, -0.05) is 95.9 Å². The molecular formula is C23H58N2. The normalized spacial score (nSPS) is 11.4. The number of nitrogens with one attached hydrogen (secondary N) is 1. The summed E-state index contributed by atoms with van der Waals surface area (Å²) in [6.07, 6.45) is 5.18. The predicted octanol–water partition coefficient (Wildman–Crippen LogP) is 7.48. The summed E-state index contributed by atoms with van der Waals surface area (Å²) in [6.45, 7) is 26.2. The highest BCUT2D eigenvalue weighted by atomic mass is 15.1. The molecule has 0 amide bonds. The van der Waals surface area contributed by atoms with E-state index in [9.17, 15) is 0 Å². The largest absolute Gasteiger partial charge is 0.323 e. The van der Waals surface area contributed by atoms with Crippen molar-refractivity contribution in [3.63, 3.8) is 0 Å². The molecule has 0 fully saturated rings. The molecule has 1 N–H and O–H groups in total. The SMILES string of the molecule is CC.CC.CCC(C)(C)C.CCCC(CC(C)(C)C)N(C)C.CNC. The highest BCUT2D eigenvalue weighted by molar-refractivity contribution is 4.73. The highest BCUT2D eigenvalue weighted by Gasteiger charge is 2.19. The minimum atomic E-state index is 0.462. The molecule has 0 aromatic rings. The zero-order chi connectivity index (χ0) is 21.7. The summed E-state index contributed by atoms with van der Waals surface area (Å²) < 4.78 is 0. The van der Waals surface area contributed by atoms with Crippen molar-refractivity contribution in [1.82, 2.24) is 10.2 Å². The predicted molar refractivity (Wildman–Crippen MR) is 124 cm³/mol. The summed E-state index contributed by atoms with van der Waals surface area (Å²) in [7, 11) is 8.12. The fourth-order valence-electron chi connectivity index (χ4n) is 1.58. The van der Waals surface area contributed by atoms with E-state index in [4.69, 9.17) is 0 Å². The molecule has 2 nitrogen and oxygen atoms in total. The Labute approximate surface area is 164 Å². The summed E-state index contributed by atoms with van der Waals surface area (Å²) in [6, 6.07) is 0.759. The van der Waals surface area contributed by atoms with E-state index in [0.717, 1.165) is 6.04 Å². The number of hydrogen-bond acceptors (Lipinski definition) is 2. The molecule has 0 aromatic heterocycles. The third kappa shape index (κ3) is 51.6. The quantitative estimate of drug-likeness (QED) is 0.557. The van der Waals surface area contributed by atoms with Crippen LogP contribution in [0.2, 0.25) is 0 Å². The van der Waals surface area contributed by atoms with Crippen LogP contribution in [0.1, 0.15) is 109 Å². The highest BCUT2D eigenvalue weighted by Crippen LogP contribution is 2.24. The average molecular weight is 363 g/mol. The molecule has 0 saturated carbocycles. The monoisotopic (exact) mass is 362 g/mol. The van der Waals surface area contributed by atoms with Crippen LogP contribution in [0.25, 0.3) is 0 Å². The molecule has 0 bridgehead atoms. The molecule has 0 aliphatic heterocycles. The standard InChI is InChI=1S/C11H25N.C6H14.C2H7N.2C2H6/c1-7-8-10(12(5)6)9-11(2,3)4;1-5-6(2,3)4;1-3-2;2*1-2/h10H,7-9H2,1-6H3;5H2,1-4H3;3H,1-2H3;2*1-2H3. The van der Waals surface area contributed by atoms with Gasteiger partial charge in [-0.15, -0.1) is 0 Å². The Morgan fingerprint density at radius 2 is 1.04 bits per heavy atom. The van der Waals surface area contributed by atoms with Crippen molar-refractivity contribution >= 4 is 0 Å². The molecule has 1 unspecified atom stereocenters. The van der Waals surface area contributed by atoms with Crippen LogP contribution in [0.3, 0.4) is 0 Å². The molecule has 25 heavy (non-hydrogen) atoms. The first-order chi connectivity index (χ1) is 11.3. The smallest absolute Gasteiger partial charge is 0.00940 e. The minimum Gasteiger partial charge on any atom is -0.323 e. The van der Waals surface area contributed by atoms with Crippen LogP contribution < -0.4 is 5.32 Å². The van der Waals surface area contributed by atoms with Crippen molar-refractivity contribution in [2.75, 3.05) is 28.2 Å². The Bertz CT molecular complexity index is 197. The van der Waals surface area contributed by atoms with Gasteiger partial charge in [0, 0.05) is 6.04 Å². The Morgan fingerprint density at radius 3 is 1.16 bits per heavy atom. The van der Waals surface area contributed by atoms with Gasteiger partial charge >= 0.3 is 0 Å². The van der Waals surface area contributed by atoms with E-state index in [1.54, 1.807) is 0 Å². The lowest BCUT2D eigenvalue weighted by molar-refractivity contribution is 0.198. The average Bonchev–Trinajstić information content (AvgIpc) is 2.50. The Hall–Kier alpha value is -0.0800. The van der Waals surface area contributed by atoms with Gasteiger partial charge in [-0.2, -0.15) is 0 Å². The van der Waals surface area contributed by atoms with Crippen LogP contribution in [-0.2, 0) is 0 Å². The fraction of sp³-hybridized carbons (Fsp3) is 1.00. The van der Waals surface area contributed by atoms with Crippen molar-refractivity contribution < 1.29 is 0 Å². The van der Waals surface area contributed by atoms with Gasteiger partial charge in [-0.05, 0) is 51.9 Å². The van der Waals surface area contributed by atoms with Crippen molar-refractivity contribution in [2.45, 2.75) is 115 Å². The maximum absolute atomic E-state index is 2.75. The second-order valence-electron chi connectivity index (χ2n) is 8.59. The van der Waals surface area contributed by atoms with E-state index in [-0.39, 0.29) is 0 Å². The third-order valence-corrected chi connectivity index (χ3v) is 3.26. The first kappa shape index (κ1) is 35.9. The van der Waals surface area contributed by atoms with E-state index in [2.05, 4.69) is 79.7 Å². The van der Waals surface area contributed by atoms with Crippen molar-refractivity contribution in [2.24, 2.45) is 10.8 Å². The maximum Gasteiger partial charge on any atom is 0.00940 e. The summed E-state index contributed by atoms with van der Waals surface area (Å²) in [5.41, 5.74) is 1.00. The van der Waals surface area contributed by atoms with Crippen molar-refractivity contribution in [3.8, 4) is 0 Å². The van der Waals surface area contributed by atoms with Gasteiger partial charge < -0.3 is 10.2 Å². The van der Waals surface area contributed by atoms with Gasteiger partial charge in [0.25, 0.3) is 0 Å². The molecular weight excluding hydrogens is 304 g/mol. The van der Waals surface area contributed by atoms with Gasteiger partial charge in [0.2, 0.25) is 0 Å². The number of rotatable bonds is 4. The molecule has 0 aliphatic rings. The van der Waals surface area contributed by atoms with Gasteiger partial charge in [-0.3, -0.25) is 0 Å². The van der Waals surface area contributed by atoms with E-state index < -0.39 is 0 Å². The molecule has 0 rings (SSSR count). The number of nitrogens with zero attached hydrogens (tertiary/aromatic N) is 1. The van der Waals surface area contributed by atoms with Crippen molar-refractivity contribution in [1.29, 1.82) is 0 Å². The van der Waals surface area contributed by atoms with E-state index >= 15 is 0 Å². The Balaban J connectivity index is -0.0000000858. The topological polar surface area (TPSA) is 15.3 Å². The summed E-state index contributed by atoms with van der Waals surface area (Å²) in [4.78, 5) is 2.36. The molecule has 2 heteroatoms. The lowest BCUT2D eigenvalue weighted by atomic mass is 9.86. The third-order valence-electron chi connectivity index (χ3n) is 3.26. The summed E-state index contributed by atoms with van der Waals surface area (Å²) in [5.74, 6) is 0. The van der Waals surface area contributed by atoms with Crippen molar-refractivity contribution in [3.05, 3.63) is 0 Å². The lowest BCUT2D eigenvalue weighted by Crippen LogP contribution is -2.31. The first-order valence-electron chi connectivity index (χ1n) is 10.6. The summed E-state index contributed by atoms with van der Waals surface area (Å²) in [5, 5.41) is 2.75. The van der Waals surface area contributed by atoms with Gasteiger partial charge in [-0.25, -0.2) is 0 Å².